The first kappa shape index (κ1) is 14.9. The van der Waals surface area contributed by atoms with Crippen molar-refractivity contribution in [3.63, 3.8) is 0 Å². The molecule has 92 valence electrons. The predicted octanol–water partition coefficient (Wildman–Crippen LogP) is 1.55. The quantitative estimate of drug-likeness (QED) is 0.579. The maximum absolute atomic E-state index is 9.96. The van der Waals surface area contributed by atoms with Crippen molar-refractivity contribution in [2.24, 2.45) is 11.8 Å². The molecule has 0 aromatic heterocycles. The van der Waals surface area contributed by atoms with Crippen LogP contribution in [0, 0.1) is 11.8 Å². The minimum absolute atomic E-state index is 0.104. The first-order valence-electron chi connectivity index (χ1n) is 5.99. The van der Waals surface area contributed by atoms with E-state index < -0.39 is 0 Å². The van der Waals surface area contributed by atoms with Crippen LogP contribution in [0.1, 0.15) is 46.5 Å². The second kappa shape index (κ2) is 8.08. The fraction of sp³-hybridized carbons (Fsp3) is 1.00. The predicted molar refractivity (Wildman–Crippen MR) is 61.6 cm³/mol. The molecule has 3 N–H and O–H groups in total. The summed E-state index contributed by atoms with van der Waals surface area (Å²) >= 11 is 0. The third-order valence-corrected chi connectivity index (χ3v) is 2.95. The van der Waals surface area contributed by atoms with Crippen LogP contribution in [0.25, 0.3) is 0 Å². The molecule has 0 fully saturated rings. The highest BCUT2D eigenvalue weighted by Gasteiger charge is 2.23. The van der Waals surface area contributed by atoms with E-state index in [0.717, 1.165) is 12.8 Å². The van der Waals surface area contributed by atoms with Gasteiger partial charge < -0.3 is 15.3 Å². The summed E-state index contributed by atoms with van der Waals surface area (Å²) < 4.78 is 0. The second-order valence-corrected chi connectivity index (χ2v) is 4.66. The van der Waals surface area contributed by atoms with E-state index in [1.807, 2.05) is 20.8 Å². The first-order chi connectivity index (χ1) is 7.02. The summed E-state index contributed by atoms with van der Waals surface area (Å²) in [5.74, 6) is 0.310. The van der Waals surface area contributed by atoms with E-state index in [2.05, 4.69) is 0 Å². The van der Waals surface area contributed by atoms with Crippen molar-refractivity contribution in [2.45, 2.75) is 58.7 Å². The van der Waals surface area contributed by atoms with Gasteiger partial charge in [0, 0.05) is 6.61 Å². The van der Waals surface area contributed by atoms with Gasteiger partial charge in [0.05, 0.1) is 12.2 Å². The summed E-state index contributed by atoms with van der Waals surface area (Å²) in [6.07, 6.45) is 2.13. The number of hydrogen-bond acceptors (Lipinski definition) is 3. The Morgan fingerprint density at radius 3 is 2.13 bits per heavy atom. The van der Waals surface area contributed by atoms with Crippen LogP contribution in [0.15, 0.2) is 0 Å². The Morgan fingerprint density at radius 2 is 1.73 bits per heavy atom. The molecule has 0 heterocycles. The molecule has 0 amide bonds. The van der Waals surface area contributed by atoms with Gasteiger partial charge in [0.1, 0.15) is 0 Å². The summed E-state index contributed by atoms with van der Waals surface area (Å²) in [7, 11) is 0. The highest BCUT2D eigenvalue weighted by atomic mass is 16.3. The average molecular weight is 218 g/mol. The summed E-state index contributed by atoms with van der Waals surface area (Å²) in [5, 5.41) is 28.3. The Bertz CT molecular complexity index is 148. The van der Waals surface area contributed by atoms with Crippen LogP contribution in [0.3, 0.4) is 0 Å². The van der Waals surface area contributed by atoms with Gasteiger partial charge in [0.2, 0.25) is 0 Å². The van der Waals surface area contributed by atoms with E-state index in [1.165, 1.54) is 0 Å². The Kier molecular flexibility index (Phi) is 8.02. The zero-order valence-electron chi connectivity index (χ0n) is 10.2. The lowest BCUT2D eigenvalue weighted by Gasteiger charge is -2.27. The second-order valence-electron chi connectivity index (χ2n) is 4.66. The van der Waals surface area contributed by atoms with Crippen LogP contribution in [0.4, 0.5) is 0 Å². The van der Waals surface area contributed by atoms with Gasteiger partial charge in [-0.2, -0.15) is 0 Å². The van der Waals surface area contributed by atoms with Crippen LogP contribution >= 0.6 is 0 Å². The van der Waals surface area contributed by atoms with E-state index >= 15 is 0 Å². The summed E-state index contributed by atoms with van der Waals surface area (Å²) in [6.45, 7) is 6.06. The largest absolute Gasteiger partial charge is 0.396 e. The Morgan fingerprint density at radius 1 is 1.13 bits per heavy atom. The number of hydrogen-bond donors (Lipinski definition) is 3. The van der Waals surface area contributed by atoms with Crippen LogP contribution in [0.2, 0.25) is 0 Å². The molecule has 0 aliphatic rings. The summed E-state index contributed by atoms with van der Waals surface area (Å²) in [5.41, 5.74) is 0. The topological polar surface area (TPSA) is 60.7 Å². The van der Waals surface area contributed by atoms with Crippen molar-refractivity contribution in [1.29, 1.82) is 0 Å². The molecule has 0 aromatic rings. The molecule has 0 aromatic carbocycles. The third kappa shape index (κ3) is 6.13. The molecule has 0 aliphatic heterocycles. The van der Waals surface area contributed by atoms with Crippen molar-refractivity contribution in [3.05, 3.63) is 0 Å². The number of aliphatic hydroxyl groups excluding tert-OH is 3. The minimum atomic E-state index is -0.377. The molecule has 3 nitrogen and oxygen atoms in total. The van der Waals surface area contributed by atoms with Crippen molar-refractivity contribution in [2.75, 3.05) is 6.61 Å². The van der Waals surface area contributed by atoms with Crippen molar-refractivity contribution >= 4 is 0 Å². The van der Waals surface area contributed by atoms with Crippen molar-refractivity contribution < 1.29 is 15.3 Å². The molecule has 0 spiro atoms. The SMILES string of the molecule is CCC(O)CC(CCCO)C(O)C(C)C. The standard InChI is InChI=1S/C12H26O3/c1-4-11(14)8-10(6-5-7-13)12(15)9(2)3/h9-15H,4-8H2,1-3H3. The van der Waals surface area contributed by atoms with Gasteiger partial charge in [-0.1, -0.05) is 20.8 Å². The van der Waals surface area contributed by atoms with Crippen LogP contribution < -0.4 is 0 Å². The van der Waals surface area contributed by atoms with Gasteiger partial charge >= 0.3 is 0 Å². The molecule has 0 aliphatic carbocycles. The molecule has 3 atom stereocenters. The van der Waals surface area contributed by atoms with Crippen molar-refractivity contribution in [3.8, 4) is 0 Å². The maximum atomic E-state index is 9.96. The van der Waals surface area contributed by atoms with Crippen LogP contribution in [-0.4, -0.2) is 34.1 Å². The van der Waals surface area contributed by atoms with E-state index in [9.17, 15) is 10.2 Å². The molecule has 0 rings (SSSR count). The van der Waals surface area contributed by atoms with Crippen LogP contribution in [0.5, 0.6) is 0 Å². The lowest BCUT2D eigenvalue weighted by atomic mass is 9.85. The lowest BCUT2D eigenvalue weighted by molar-refractivity contribution is 0.0249. The van der Waals surface area contributed by atoms with Crippen molar-refractivity contribution in [1.82, 2.24) is 0 Å². The molecule has 0 bridgehead atoms. The Labute approximate surface area is 93.1 Å². The zero-order valence-corrected chi connectivity index (χ0v) is 10.2. The Hall–Kier alpha value is -0.120. The molecule has 0 saturated carbocycles. The Balaban J connectivity index is 4.16. The average Bonchev–Trinajstić information content (AvgIpc) is 2.22. The van der Waals surface area contributed by atoms with E-state index in [0.29, 0.717) is 12.8 Å². The van der Waals surface area contributed by atoms with E-state index in [4.69, 9.17) is 5.11 Å². The molecule has 0 saturated heterocycles. The normalized spacial score (nSPS) is 17.8. The fourth-order valence-electron chi connectivity index (χ4n) is 1.84. The molecular formula is C12H26O3. The maximum Gasteiger partial charge on any atom is 0.0592 e. The van der Waals surface area contributed by atoms with Crippen LogP contribution in [-0.2, 0) is 0 Å². The minimum Gasteiger partial charge on any atom is -0.396 e. The third-order valence-electron chi connectivity index (χ3n) is 2.95. The van der Waals surface area contributed by atoms with Gasteiger partial charge in [-0.15, -0.1) is 0 Å². The molecular weight excluding hydrogens is 192 g/mol. The summed E-state index contributed by atoms with van der Waals surface area (Å²) in [4.78, 5) is 0. The highest BCUT2D eigenvalue weighted by molar-refractivity contribution is 4.74. The smallest absolute Gasteiger partial charge is 0.0592 e. The number of rotatable bonds is 8. The molecule has 3 unspecified atom stereocenters. The lowest BCUT2D eigenvalue weighted by Crippen LogP contribution is -2.29. The van der Waals surface area contributed by atoms with Gasteiger partial charge in [-0.3, -0.25) is 0 Å². The van der Waals surface area contributed by atoms with Gasteiger partial charge in [0.25, 0.3) is 0 Å². The number of aliphatic hydroxyl groups is 3. The summed E-state index contributed by atoms with van der Waals surface area (Å²) in [6, 6.07) is 0. The molecule has 0 radical (unpaired) electrons. The zero-order chi connectivity index (χ0) is 11.8. The monoisotopic (exact) mass is 218 g/mol. The first-order valence-corrected chi connectivity index (χ1v) is 5.99. The molecule has 3 heteroatoms. The highest BCUT2D eigenvalue weighted by Crippen LogP contribution is 2.23. The van der Waals surface area contributed by atoms with E-state index in [-0.39, 0.29) is 30.7 Å². The van der Waals surface area contributed by atoms with Gasteiger partial charge in [-0.05, 0) is 37.5 Å². The van der Waals surface area contributed by atoms with Gasteiger partial charge in [0.15, 0.2) is 0 Å². The van der Waals surface area contributed by atoms with Gasteiger partial charge in [-0.25, -0.2) is 0 Å². The van der Waals surface area contributed by atoms with E-state index in [1.54, 1.807) is 0 Å². The molecule has 15 heavy (non-hydrogen) atoms. The fourth-order valence-corrected chi connectivity index (χ4v) is 1.84.